The average Bonchev–Trinajstić information content (AvgIpc) is 3.46. The van der Waals surface area contributed by atoms with Crippen molar-refractivity contribution in [3.8, 4) is 0 Å². The standard InChI is InChI=1S/C48H76O16/c1-24(2)25(3)18-37(51)62-36-23-35-44(8)14-13-31(19-30(44)12-15-47(35,54)48(55)17-16-46(53,29(7)49)45(36,48)9)61-38-20-32(50)42(27(5)59-38)63-40-22-34(57-11)43(28(6)60-40)64-39-21-33(56-10)41(52)26(4)58-39/h12,18,24,26-28,31-36,38-43,50,52-55H,13-17,19-23H2,1-11H3/b25-18-/t26-,27-,28-,31+,32+,33-,34+,35-,36-,38+,39+,40+,41-,42-,43-,44+,45-,46-,47+,48-/m1/s1. The molecule has 7 rings (SSSR count). The Kier molecular flexibility index (Phi) is 14.5. The number of carbonyl (C=O) groups excluding carboxylic acids is 2. The molecule has 20 atom stereocenters. The molecule has 0 amide bonds. The Labute approximate surface area is 378 Å². The van der Waals surface area contributed by atoms with Crippen molar-refractivity contribution in [2.75, 3.05) is 14.2 Å². The van der Waals surface area contributed by atoms with Crippen molar-refractivity contribution < 1.29 is 77.8 Å². The van der Waals surface area contributed by atoms with Gasteiger partial charge in [0.25, 0.3) is 0 Å². The van der Waals surface area contributed by atoms with Crippen LogP contribution in [0.5, 0.6) is 0 Å². The van der Waals surface area contributed by atoms with E-state index in [-0.39, 0.29) is 44.1 Å². The molecule has 0 aromatic rings. The van der Waals surface area contributed by atoms with Gasteiger partial charge in [0.15, 0.2) is 24.7 Å². The van der Waals surface area contributed by atoms with Crippen LogP contribution in [-0.4, -0.2) is 154 Å². The van der Waals surface area contributed by atoms with Crippen LogP contribution in [0.25, 0.3) is 0 Å². The number of esters is 1. The highest BCUT2D eigenvalue weighted by Gasteiger charge is 2.81. The molecule has 3 aliphatic heterocycles. The number of hydrogen-bond acceptors (Lipinski definition) is 16. The van der Waals surface area contributed by atoms with E-state index >= 15 is 0 Å². The summed E-state index contributed by atoms with van der Waals surface area (Å²) in [5.41, 5.74) is -6.15. The molecule has 16 nitrogen and oxygen atoms in total. The van der Waals surface area contributed by atoms with Crippen LogP contribution in [0.1, 0.15) is 127 Å². The number of Topliss-reactive ketones (excluding diaryl/α,β-unsaturated/α-hetero) is 1. The number of carbonyl (C=O) groups is 2. The Morgan fingerprint density at radius 1 is 0.797 bits per heavy atom. The maximum Gasteiger partial charge on any atom is 0.330 e. The Bertz CT molecular complexity index is 1760. The Morgan fingerprint density at radius 2 is 1.39 bits per heavy atom. The van der Waals surface area contributed by atoms with E-state index in [0.29, 0.717) is 32.1 Å². The SMILES string of the molecule is CO[C@H]1C[C@H](O[C@H]2[C@@H](O)C[C@H](O[C@H]3CC[C@@]4(C)C(=CC[C@]5(O)[C@@H]4C[C@@H](OC(=O)/C=C(/C)C(C)C)[C@@]4(C)[C@]5(O)CC[C@@]4(O)C(C)=O)C3)O[C@@H]2C)O[C@H](C)[C@H]1O[C@H]1C[C@@H](OC)[C@H](O)[C@@H](C)O1. The Hall–Kier alpha value is -1.90. The lowest BCUT2D eigenvalue weighted by Gasteiger charge is -2.67. The predicted octanol–water partition coefficient (Wildman–Crippen LogP) is 3.94. The molecule has 0 aromatic carbocycles. The number of aliphatic hydroxyl groups is 5. The molecule has 7 aliphatic rings. The molecule has 4 aliphatic carbocycles. The second-order valence-corrected chi connectivity index (χ2v) is 20.8. The number of methoxy groups -OCH3 is 2. The van der Waals surface area contributed by atoms with Crippen molar-refractivity contribution >= 4 is 11.8 Å². The molecule has 0 radical (unpaired) electrons. The summed E-state index contributed by atoms with van der Waals surface area (Å²) in [6.07, 6.45) is -2.53. The molecule has 5 N–H and O–H groups in total. The summed E-state index contributed by atoms with van der Waals surface area (Å²) in [4.78, 5) is 26.7. The normalized spacial score (nSPS) is 49.7. The monoisotopic (exact) mass is 909 g/mol. The summed E-state index contributed by atoms with van der Waals surface area (Å²) in [6.45, 7) is 16.2. The molecule has 364 valence electrons. The number of fused-ring (bicyclic) bond motifs is 5. The predicted molar refractivity (Wildman–Crippen MR) is 229 cm³/mol. The van der Waals surface area contributed by atoms with Crippen molar-refractivity contribution in [1.82, 2.24) is 0 Å². The number of rotatable bonds is 12. The van der Waals surface area contributed by atoms with Gasteiger partial charge in [-0.25, -0.2) is 4.79 Å². The van der Waals surface area contributed by atoms with E-state index in [4.69, 9.17) is 42.6 Å². The summed E-state index contributed by atoms with van der Waals surface area (Å²) < 4.78 is 55.4. The van der Waals surface area contributed by atoms with Gasteiger partial charge in [0, 0.05) is 45.5 Å². The Morgan fingerprint density at radius 3 is 2.00 bits per heavy atom. The molecule has 3 saturated carbocycles. The molecule has 0 aromatic heterocycles. The van der Waals surface area contributed by atoms with Gasteiger partial charge in [-0.15, -0.1) is 0 Å². The number of ether oxygens (including phenoxy) is 9. The van der Waals surface area contributed by atoms with E-state index in [9.17, 15) is 35.1 Å². The van der Waals surface area contributed by atoms with Crippen LogP contribution in [0.3, 0.4) is 0 Å². The first-order valence-electron chi connectivity index (χ1n) is 23.6. The van der Waals surface area contributed by atoms with Crippen molar-refractivity contribution in [1.29, 1.82) is 0 Å². The molecule has 0 bridgehead atoms. The molecular weight excluding hydrogens is 833 g/mol. The maximum atomic E-state index is 13.5. The van der Waals surface area contributed by atoms with E-state index in [2.05, 4.69) is 6.92 Å². The van der Waals surface area contributed by atoms with Gasteiger partial charge in [-0.05, 0) is 97.8 Å². The van der Waals surface area contributed by atoms with Gasteiger partial charge in [0.1, 0.15) is 41.2 Å². The fourth-order valence-electron chi connectivity index (χ4n) is 12.7. The van der Waals surface area contributed by atoms with E-state index in [1.54, 1.807) is 28.1 Å². The minimum Gasteiger partial charge on any atom is -0.458 e. The van der Waals surface area contributed by atoms with E-state index < -0.39 is 125 Å². The number of allylic oxidation sites excluding steroid dienone is 1. The summed E-state index contributed by atoms with van der Waals surface area (Å²) in [5, 5.41) is 59.6. The first kappa shape index (κ1) is 50.0. The highest BCUT2D eigenvalue weighted by molar-refractivity contribution is 5.87. The number of aliphatic hydroxyl groups excluding tert-OH is 2. The average molecular weight is 909 g/mol. The molecule has 3 heterocycles. The van der Waals surface area contributed by atoms with Crippen LogP contribution < -0.4 is 0 Å². The fraction of sp³-hybridized carbons (Fsp3) is 0.875. The summed E-state index contributed by atoms with van der Waals surface area (Å²) in [6, 6.07) is 0. The van der Waals surface area contributed by atoms with Gasteiger partial charge in [-0.1, -0.05) is 38.0 Å². The Balaban J connectivity index is 0.995. The molecule has 64 heavy (non-hydrogen) atoms. The molecule has 3 saturated heterocycles. The van der Waals surface area contributed by atoms with Crippen LogP contribution in [0, 0.1) is 22.7 Å². The topological polar surface area (TPSA) is 218 Å². The van der Waals surface area contributed by atoms with Crippen molar-refractivity contribution in [3.05, 3.63) is 23.3 Å². The summed E-state index contributed by atoms with van der Waals surface area (Å²) >= 11 is 0. The second-order valence-electron chi connectivity index (χ2n) is 20.8. The molecule has 6 fully saturated rings. The van der Waals surface area contributed by atoms with E-state index in [1.807, 2.05) is 40.7 Å². The smallest absolute Gasteiger partial charge is 0.330 e. The van der Waals surface area contributed by atoms with Crippen LogP contribution in [0.2, 0.25) is 0 Å². The lowest BCUT2D eigenvalue weighted by molar-refractivity contribution is -0.337. The van der Waals surface area contributed by atoms with E-state index in [1.165, 1.54) is 13.0 Å². The van der Waals surface area contributed by atoms with Crippen molar-refractivity contribution in [3.63, 3.8) is 0 Å². The van der Waals surface area contributed by atoms with Gasteiger partial charge >= 0.3 is 5.97 Å². The number of hydrogen-bond donors (Lipinski definition) is 5. The minimum atomic E-state index is -2.02. The maximum absolute atomic E-state index is 13.5. The van der Waals surface area contributed by atoms with Crippen LogP contribution in [-0.2, 0) is 52.2 Å². The lowest BCUT2D eigenvalue weighted by atomic mass is 9.42. The van der Waals surface area contributed by atoms with Crippen LogP contribution in [0.4, 0.5) is 0 Å². The van der Waals surface area contributed by atoms with Gasteiger partial charge in [0.05, 0.1) is 48.1 Å². The third-order valence-electron chi connectivity index (χ3n) is 17.1. The first-order valence-corrected chi connectivity index (χ1v) is 23.6. The van der Waals surface area contributed by atoms with Gasteiger partial charge in [-0.2, -0.15) is 0 Å². The molecular formula is C48H76O16. The minimum absolute atomic E-state index is 0.0398. The van der Waals surface area contributed by atoms with Crippen molar-refractivity contribution in [2.45, 2.75) is 229 Å². The van der Waals surface area contributed by atoms with E-state index in [0.717, 1.165) is 11.1 Å². The quantitative estimate of drug-likeness (QED) is 0.106. The molecule has 0 spiro atoms. The van der Waals surface area contributed by atoms with Crippen LogP contribution in [0.15, 0.2) is 23.3 Å². The summed E-state index contributed by atoms with van der Waals surface area (Å²) in [7, 11) is 3.15. The zero-order valence-electron chi connectivity index (χ0n) is 39.7. The summed E-state index contributed by atoms with van der Waals surface area (Å²) in [5.74, 6) is -1.63. The highest BCUT2D eigenvalue weighted by atomic mass is 16.7. The largest absolute Gasteiger partial charge is 0.458 e. The zero-order valence-corrected chi connectivity index (χ0v) is 39.7. The highest BCUT2D eigenvalue weighted by Crippen LogP contribution is 2.71. The van der Waals surface area contributed by atoms with Gasteiger partial charge < -0.3 is 68.2 Å². The lowest BCUT2D eigenvalue weighted by Crippen LogP contribution is -2.78. The van der Waals surface area contributed by atoms with Gasteiger partial charge in [0.2, 0.25) is 0 Å². The zero-order chi connectivity index (χ0) is 46.9. The van der Waals surface area contributed by atoms with Gasteiger partial charge in [-0.3, -0.25) is 4.79 Å². The van der Waals surface area contributed by atoms with Crippen molar-refractivity contribution in [2.24, 2.45) is 22.7 Å². The third-order valence-corrected chi connectivity index (χ3v) is 17.1. The van der Waals surface area contributed by atoms with Crippen LogP contribution >= 0.6 is 0 Å². The fourth-order valence-corrected chi connectivity index (χ4v) is 12.7. The third kappa shape index (κ3) is 8.40. The second kappa shape index (κ2) is 18.5. The molecule has 0 unspecified atom stereocenters. The number of ketones is 1. The molecule has 16 heteroatoms. The first-order chi connectivity index (χ1) is 30.0.